The van der Waals surface area contributed by atoms with Crippen molar-refractivity contribution in [3.05, 3.63) is 35.9 Å². The number of hydrogen-bond donors (Lipinski definition) is 2. The van der Waals surface area contributed by atoms with E-state index in [-0.39, 0.29) is 30.0 Å². The number of halogens is 1. The lowest BCUT2D eigenvalue weighted by Gasteiger charge is -2.23. The Labute approximate surface area is 159 Å². The highest BCUT2D eigenvalue weighted by molar-refractivity contribution is 14.0. The van der Waals surface area contributed by atoms with Gasteiger partial charge in [0.2, 0.25) is 0 Å². The monoisotopic (exact) mass is 432 g/mol. The minimum absolute atomic E-state index is 0. The van der Waals surface area contributed by atoms with Gasteiger partial charge < -0.3 is 15.5 Å². The fourth-order valence-corrected chi connectivity index (χ4v) is 2.20. The highest BCUT2D eigenvalue weighted by atomic mass is 127. The molecule has 2 N–H and O–H groups in total. The zero-order chi connectivity index (χ0) is 16.4. The van der Waals surface area contributed by atoms with Crippen LogP contribution in [-0.4, -0.2) is 43.6 Å². The van der Waals surface area contributed by atoms with Crippen molar-refractivity contribution < 1.29 is 0 Å². The van der Waals surface area contributed by atoms with E-state index in [1.807, 2.05) is 6.07 Å². The van der Waals surface area contributed by atoms with Crippen LogP contribution in [0.2, 0.25) is 0 Å². The number of aliphatic imine (C=N–C) groups is 1. The quantitative estimate of drug-likeness (QED) is 0.374. The average Bonchev–Trinajstić information content (AvgIpc) is 2.54. The molecule has 0 heterocycles. The molecule has 0 aliphatic carbocycles. The van der Waals surface area contributed by atoms with Gasteiger partial charge in [0, 0.05) is 19.1 Å². The lowest BCUT2D eigenvalue weighted by Crippen LogP contribution is -2.39. The van der Waals surface area contributed by atoms with E-state index in [4.69, 9.17) is 0 Å². The highest BCUT2D eigenvalue weighted by Gasteiger charge is 2.08. The van der Waals surface area contributed by atoms with Crippen LogP contribution in [0.5, 0.6) is 0 Å². The first kappa shape index (κ1) is 22.2. The van der Waals surface area contributed by atoms with Gasteiger partial charge >= 0.3 is 0 Å². The summed E-state index contributed by atoms with van der Waals surface area (Å²) in [6.07, 6.45) is 1.17. The summed E-state index contributed by atoms with van der Waals surface area (Å²) in [6, 6.07) is 11.3. The zero-order valence-electron chi connectivity index (χ0n) is 15.2. The summed E-state index contributed by atoms with van der Waals surface area (Å²) in [5, 5.41) is 6.79. The second-order valence-electron chi connectivity index (χ2n) is 5.78. The van der Waals surface area contributed by atoms with E-state index in [1.165, 1.54) is 12.0 Å². The summed E-state index contributed by atoms with van der Waals surface area (Å²) in [4.78, 5) is 7.04. The van der Waals surface area contributed by atoms with Gasteiger partial charge in [-0.2, -0.15) is 0 Å². The van der Waals surface area contributed by atoms with Crippen molar-refractivity contribution in [3.8, 4) is 0 Å². The van der Waals surface area contributed by atoms with Gasteiger partial charge in [-0.25, -0.2) is 0 Å². The van der Waals surface area contributed by atoms with Crippen molar-refractivity contribution in [2.24, 2.45) is 4.99 Å². The fraction of sp³-hybridized carbons (Fsp3) is 0.611. The Hall–Kier alpha value is -0.820. The number of guanidine groups is 1. The molecule has 23 heavy (non-hydrogen) atoms. The van der Waals surface area contributed by atoms with Gasteiger partial charge in [-0.15, -0.1) is 24.0 Å². The smallest absolute Gasteiger partial charge is 0.191 e. The Morgan fingerprint density at radius 3 is 2.39 bits per heavy atom. The Balaban J connectivity index is 0.00000484. The van der Waals surface area contributed by atoms with E-state index in [0.717, 1.165) is 25.6 Å². The van der Waals surface area contributed by atoms with Crippen molar-refractivity contribution >= 4 is 29.9 Å². The Kier molecular flexibility index (Phi) is 12.1. The van der Waals surface area contributed by atoms with E-state index in [2.05, 4.69) is 79.5 Å². The lowest BCUT2D eigenvalue weighted by molar-refractivity contribution is 0.259. The summed E-state index contributed by atoms with van der Waals surface area (Å²) in [5.41, 5.74) is 1.27. The van der Waals surface area contributed by atoms with Gasteiger partial charge in [0.15, 0.2) is 5.96 Å². The lowest BCUT2D eigenvalue weighted by atomic mass is 10.1. The van der Waals surface area contributed by atoms with E-state index >= 15 is 0 Å². The molecule has 5 heteroatoms. The standard InChI is InChI=1S/C18H32N4.HI/c1-6-15(3)22(5)14-13-20-18(19-7-2)21-16(4)17-11-9-8-10-12-17;/h8-12,15-16H,6-7,13-14H2,1-5H3,(H2,19,20,21);1H. The van der Waals surface area contributed by atoms with Crippen LogP contribution in [0, 0.1) is 0 Å². The molecule has 0 bridgehead atoms. The van der Waals surface area contributed by atoms with Crippen molar-refractivity contribution in [3.63, 3.8) is 0 Å². The summed E-state index contributed by atoms with van der Waals surface area (Å²) in [7, 11) is 2.16. The van der Waals surface area contributed by atoms with E-state index in [9.17, 15) is 0 Å². The molecule has 2 unspecified atom stereocenters. The van der Waals surface area contributed by atoms with Gasteiger partial charge in [0.25, 0.3) is 0 Å². The van der Waals surface area contributed by atoms with Gasteiger partial charge in [-0.1, -0.05) is 37.3 Å². The molecular weight excluding hydrogens is 399 g/mol. The third kappa shape index (κ3) is 8.55. The molecule has 1 rings (SSSR count). The third-order valence-corrected chi connectivity index (χ3v) is 4.06. The topological polar surface area (TPSA) is 39.7 Å². The SMILES string of the molecule is CCNC(=NCCN(C)C(C)CC)NC(C)c1ccccc1.I. The number of rotatable bonds is 8. The number of benzene rings is 1. The fourth-order valence-electron chi connectivity index (χ4n) is 2.20. The van der Waals surface area contributed by atoms with Gasteiger partial charge in [0.05, 0.1) is 12.6 Å². The molecule has 0 saturated heterocycles. The molecule has 0 spiro atoms. The molecule has 4 nitrogen and oxygen atoms in total. The third-order valence-electron chi connectivity index (χ3n) is 4.06. The van der Waals surface area contributed by atoms with E-state index in [0.29, 0.717) is 6.04 Å². The highest BCUT2D eigenvalue weighted by Crippen LogP contribution is 2.10. The second-order valence-corrected chi connectivity index (χ2v) is 5.78. The number of nitrogens with zero attached hydrogens (tertiary/aromatic N) is 2. The van der Waals surface area contributed by atoms with Crippen LogP contribution in [0.4, 0.5) is 0 Å². The first-order valence-corrected chi connectivity index (χ1v) is 8.38. The molecule has 0 aliphatic heterocycles. The molecule has 1 aromatic rings. The molecule has 0 amide bonds. The molecule has 0 aromatic heterocycles. The first-order chi connectivity index (χ1) is 10.6. The predicted molar refractivity (Wildman–Crippen MR) is 112 cm³/mol. The van der Waals surface area contributed by atoms with E-state index < -0.39 is 0 Å². The largest absolute Gasteiger partial charge is 0.357 e. The number of nitrogens with one attached hydrogen (secondary N) is 2. The minimum atomic E-state index is 0. The molecule has 0 fully saturated rings. The zero-order valence-corrected chi connectivity index (χ0v) is 17.5. The van der Waals surface area contributed by atoms with E-state index in [1.54, 1.807) is 0 Å². The first-order valence-electron chi connectivity index (χ1n) is 8.38. The second kappa shape index (κ2) is 12.6. The summed E-state index contributed by atoms with van der Waals surface area (Å²) < 4.78 is 0. The maximum atomic E-state index is 4.69. The Morgan fingerprint density at radius 2 is 1.83 bits per heavy atom. The molecule has 0 saturated carbocycles. The predicted octanol–water partition coefficient (Wildman–Crippen LogP) is 3.65. The van der Waals surface area contributed by atoms with Gasteiger partial charge in [0.1, 0.15) is 0 Å². The summed E-state index contributed by atoms with van der Waals surface area (Å²) >= 11 is 0. The molecular formula is C18H33IN4. The van der Waals surface area contributed by atoms with Crippen LogP contribution < -0.4 is 10.6 Å². The van der Waals surface area contributed by atoms with Gasteiger partial charge in [-0.05, 0) is 39.8 Å². The summed E-state index contributed by atoms with van der Waals surface area (Å²) in [5.74, 6) is 0.886. The maximum Gasteiger partial charge on any atom is 0.191 e. The van der Waals surface area contributed by atoms with Crippen LogP contribution in [-0.2, 0) is 0 Å². The number of hydrogen-bond acceptors (Lipinski definition) is 2. The molecule has 0 radical (unpaired) electrons. The average molecular weight is 432 g/mol. The van der Waals surface area contributed by atoms with Crippen molar-refractivity contribution in [1.29, 1.82) is 0 Å². The van der Waals surface area contributed by atoms with Crippen molar-refractivity contribution in [2.75, 3.05) is 26.7 Å². The number of likely N-dealkylation sites (N-methyl/N-ethyl adjacent to an activating group) is 1. The van der Waals surface area contributed by atoms with Crippen LogP contribution >= 0.6 is 24.0 Å². The van der Waals surface area contributed by atoms with Crippen LogP contribution in [0.1, 0.15) is 45.7 Å². The van der Waals surface area contributed by atoms with Gasteiger partial charge in [-0.3, -0.25) is 4.99 Å². The van der Waals surface area contributed by atoms with Crippen LogP contribution in [0.15, 0.2) is 35.3 Å². The maximum absolute atomic E-state index is 4.69. The molecule has 132 valence electrons. The van der Waals surface area contributed by atoms with Crippen molar-refractivity contribution in [1.82, 2.24) is 15.5 Å². The van der Waals surface area contributed by atoms with Crippen LogP contribution in [0.25, 0.3) is 0 Å². The summed E-state index contributed by atoms with van der Waals surface area (Å²) in [6.45, 7) is 11.4. The molecule has 0 aliphatic rings. The Bertz CT molecular complexity index is 436. The normalized spacial score (nSPS) is 14.1. The van der Waals surface area contributed by atoms with Crippen LogP contribution in [0.3, 0.4) is 0 Å². The van der Waals surface area contributed by atoms with Crippen molar-refractivity contribution in [2.45, 2.75) is 46.2 Å². The minimum Gasteiger partial charge on any atom is -0.357 e. The Morgan fingerprint density at radius 1 is 1.17 bits per heavy atom. The molecule has 1 aromatic carbocycles. The molecule has 2 atom stereocenters.